The summed E-state index contributed by atoms with van der Waals surface area (Å²) in [4.78, 5) is 11.0. The molecule has 104 valence electrons. The van der Waals surface area contributed by atoms with E-state index in [0.29, 0.717) is 13.2 Å². The third kappa shape index (κ3) is 3.47. The van der Waals surface area contributed by atoms with Crippen molar-refractivity contribution in [3.05, 3.63) is 59.9 Å². The number of halogens is 1. The first kappa shape index (κ1) is 13.9. The van der Waals surface area contributed by atoms with Gasteiger partial charge >= 0.3 is 5.97 Å². The minimum atomic E-state index is -1.30. The molecule has 0 aliphatic rings. The summed E-state index contributed by atoms with van der Waals surface area (Å²) in [5.74, 6) is -1.33. The van der Waals surface area contributed by atoms with Crippen LogP contribution in [0.2, 0.25) is 0 Å². The number of aromatic carboxylic acids is 1. The first-order chi connectivity index (χ1) is 9.68. The second-order valence-corrected chi connectivity index (χ2v) is 4.06. The molecule has 0 heterocycles. The van der Waals surface area contributed by atoms with Gasteiger partial charge in [0.05, 0.1) is 5.69 Å². The number of carboxylic acid groups (broad SMARTS) is 1. The van der Waals surface area contributed by atoms with Crippen molar-refractivity contribution in [2.45, 2.75) is 0 Å². The van der Waals surface area contributed by atoms with Crippen molar-refractivity contribution in [3.63, 3.8) is 0 Å². The van der Waals surface area contributed by atoms with Gasteiger partial charge in [-0.05, 0) is 24.3 Å². The summed E-state index contributed by atoms with van der Waals surface area (Å²) in [5.41, 5.74) is -0.110. The van der Waals surface area contributed by atoms with Crippen LogP contribution in [0.3, 0.4) is 0 Å². The van der Waals surface area contributed by atoms with Crippen LogP contribution >= 0.6 is 0 Å². The van der Waals surface area contributed by atoms with Gasteiger partial charge in [0.25, 0.3) is 0 Å². The summed E-state index contributed by atoms with van der Waals surface area (Å²) in [6, 6.07) is 13.4. The topological polar surface area (TPSA) is 58.6 Å². The SMILES string of the molecule is O=C(O)c1c(F)cccc1NCCOc1ccccc1. The summed E-state index contributed by atoms with van der Waals surface area (Å²) in [6.45, 7) is 0.720. The second-order valence-electron chi connectivity index (χ2n) is 4.06. The lowest BCUT2D eigenvalue weighted by atomic mass is 10.1. The molecule has 5 heteroatoms. The van der Waals surface area contributed by atoms with Crippen LogP contribution in [0.15, 0.2) is 48.5 Å². The summed E-state index contributed by atoms with van der Waals surface area (Å²) in [7, 11) is 0. The molecule has 0 bridgehead atoms. The van der Waals surface area contributed by atoms with Gasteiger partial charge in [0.15, 0.2) is 0 Å². The molecule has 2 N–H and O–H groups in total. The molecule has 0 saturated carbocycles. The molecule has 4 nitrogen and oxygen atoms in total. The number of hydrogen-bond acceptors (Lipinski definition) is 3. The van der Waals surface area contributed by atoms with Crippen LogP contribution in [0.1, 0.15) is 10.4 Å². The molecular formula is C15H14FNO3. The minimum Gasteiger partial charge on any atom is -0.492 e. The first-order valence-electron chi connectivity index (χ1n) is 6.12. The summed E-state index contributed by atoms with van der Waals surface area (Å²) < 4.78 is 18.9. The van der Waals surface area contributed by atoms with Crippen LogP contribution < -0.4 is 10.1 Å². The van der Waals surface area contributed by atoms with E-state index in [1.165, 1.54) is 12.1 Å². The van der Waals surface area contributed by atoms with Crippen LogP contribution in [0.4, 0.5) is 10.1 Å². The maximum atomic E-state index is 13.4. The van der Waals surface area contributed by atoms with E-state index in [1.54, 1.807) is 0 Å². The first-order valence-corrected chi connectivity index (χ1v) is 6.12. The second kappa shape index (κ2) is 6.56. The number of nitrogens with one attached hydrogen (secondary N) is 1. The van der Waals surface area contributed by atoms with Crippen molar-refractivity contribution in [1.29, 1.82) is 0 Å². The molecular weight excluding hydrogens is 261 g/mol. The number of ether oxygens (including phenoxy) is 1. The zero-order valence-corrected chi connectivity index (χ0v) is 10.7. The van der Waals surface area contributed by atoms with Crippen LogP contribution in [0, 0.1) is 5.82 Å². The Hall–Kier alpha value is -2.56. The van der Waals surface area contributed by atoms with Gasteiger partial charge < -0.3 is 15.2 Å². The maximum Gasteiger partial charge on any atom is 0.340 e. The van der Waals surface area contributed by atoms with E-state index in [1.807, 2.05) is 30.3 Å². The Morgan fingerprint density at radius 3 is 2.60 bits per heavy atom. The highest BCUT2D eigenvalue weighted by Crippen LogP contribution is 2.18. The van der Waals surface area contributed by atoms with Crippen molar-refractivity contribution < 1.29 is 19.0 Å². The highest BCUT2D eigenvalue weighted by molar-refractivity contribution is 5.94. The summed E-state index contributed by atoms with van der Waals surface area (Å²) in [5, 5.41) is 11.8. The number of benzene rings is 2. The fraction of sp³-hybridized carbons (Fsp3) is 0.133. The molecule has 0 aliphatic heterocycles. The number of para-hydroxylation sites is 1. The molecule has 0 aromatic heterocycles. The van der Waals surface area contributed by atoms with Crippen molar-refractivity contribution in [2.24, 2.45) is 0 Å². The minimum absolute atomic E-state index is 0.245. The highest BCUT2D eigenvalue weighted by Gasteiger charge is 2.14. The van der Waals surface area contributed by atoms with Gasteiger partial charge in [-0.3, -0.25) is 0 Å². The van der Waals surface area contributed by atoms with Crippen LogP contribution in [-0.2, 0) is 0 Å². The van der Waals surface area contributed by atoms with Crippen molar-refractivity contribution >= 4 is 11.7 Å². The Morgan fingerprint density at radius 1 is 1.15 bits per heavy atom. The zero-order chi connectivity index (χ0) is 14.4. The Kier molecular flexibility index (Phi) is 4.55. The molecule has 0 saturated heterocycles. The van der Waals surface area contributed by atoms with Crippen LogP contribution in [-0.4, -0.2) is 24.2 Å². The van der Waals surface area contributed by atoms with Crippen molar-refractivity contribution in [3.8, 4) is 5.75 Å². The van der Waals surface area contributed by atoms with Crippen molar-refractivity contribution in [2.75, 3.05) is 18.5 Å². The molecule has 0 spiro atoms. The van der Waals surface area contributed by atoms with E-state index in [4.69, 9.17) is 9.84 Å². The molecule has 0 amide bonds. The lowest BCUT2D eigenvalue weighted by Crippen LogP contribution is -2.14. The fourth-order valence-electron chi connectivity index (χ4n) is 1.76. The predicted octanol–water partition coefficient (Wildman–Crippen LogP) is 3.01. The number of hydrogen-bond donors (Lipinski definition) is 2. The monoisotopic (exact) mass is 275 g/mol. The van der Waals surface area contributed by atoms with Gasteiger partial charge in [-0.2, -0.15) is 0 Å². The van der Waals surface area contributed by atoms with Gasteiger partial charge in [0, 0.05) is 6.54 Å². The maximum absolute atomic E-state index is 13.4. The Balaban J connectivity index is 1.92. The third-order valence-corrected chi connectivity index (χ3v) is 2.66. The van der Waals surface area contributed by atoms with Crippen LogP contribution in [0.25, 0.3) is 0 Å². The third-order valence-electron chi connectivity index (χ3n) is 2.66. The summed E-state index contributed by atoms with van der Waals surface area (Å²) in [6.07, 6.45) is 0. The number of carboxylic acids is 1. The molecule has 0 atom stereocenters. The van der Waals surface area contributed by atoms with E-state index in [2.05, 4.69) is 5.32 Å². The molecule has 0 unspecified atom stereocenters. The Morgan fingerprint density at radius 2 is 1.90 bits per heavy atom. The molecule has 2 aromatic rings. The molecule has 0 fully saturated rings. The standard InChI is InChI=1S/C15H14FNO3/c16-12-7-4-8-13(14(12)15(18)19)17-9-10-20-11-5-2-1-3-6-11/h1-8,17H,9-10H2,(H,18,19). The largest absolute Gasteiger partial charge is 0.492 e. The average molecular weight is 275 g/mol. The molecule has 0 aliphatic carbocycles. The van der Waals surface area contributed by atoms with E-state index >= 15 is 0 Å². The van der Waals surface area contributed by atoms with Crippen molar-refractivity contribution in [1.82, 2.24) is 0 Å². The number of anilines is 1. The van der Waals surface area contributed by atoms with Gasteiger partial charge in [-0.1, -0.05) is 24.3 Å². The lowest BCUT2D eigenvalue weighted by Gasteiger charge is -2.11. The van der Waals surface area contributed by atoms with Gasteiger partial charge in [0.2, 0.25) is 0 Å². The number of rotatable bonds is 6. The Bertz CT molecular complexity index is 587. The quantitative estimate of drug-likeness (QED) is 0.796. The van der Waals surface area contributed by atoms with Crippen LogP contribution in [0.5, 0.6) is 5.75 Å². The molecule has 2 aromatic carbocycles. The smallest absolute Gasteiger partial charge is 0.340 e. The average Bonchev–Trinajstić information content (AvgIpc) is 2.44. The van der Waals surface area contributed by atoms with E-state index < -0.39 is 11.8 Å². The molecule has 0 radical (unpaired) electrons. The molecule has 20 heavy (non-hydrogen) atoms. The van der Waals surface area contributed by atoms with Gasteiger partial charge in [-0.25, -0.2) is 9.18 Å². The van der Waals surface area contributed by atoms with Gasteiger partial charge in [-0.15, -0.1) is 0 Å². The van der Waals surface area contributed by atoms with E-state index in [9.17, 15) is 9.18 Å². The normalized spacial score (nSPS) is 10.1. The molecule has 2 rings (SSSR count). The zero-order valence-electron chi connectivity index (χ0n) is 10.7. The predicted molar refractivity (Wildman–Crippen MR) is 73.8 cm³/mol. The Labute approximate surface area is 115 Å². The van der Waals surface area contributed by atoms with Gasteiger partial charge in [0.1, 0.15) is 23.7 Å². The van der Waals surface area contributed by atoms with E-state index in [-0.39, 0.29) is 11.3 Å². The summed E-state index contributed by atoms with van der Waals surface area (Å²) >= 11 is 0. The lowest BCUT2D eigenvalue weighted by molar-refractivity contribution is 0.0693. The number of carbonyl (C=O) groups is 1. The fourth-order valence-corrected chi connectivity index (χ4v) is 1.76. The van der Waals surface area contributed by atoms with E-state index in [0.717, 1.165) is 11.8 Å². The highest BCUT2D eigenvalue weighted by atomic mass is 19.1.